The second-order valence-electron chi connectivity index (χ2n) is 4.16. The van der Waals surface area contributed by atoms with Crippen LogP contribution in [-0.2, 0) is 0 Å². The average Bonchev–Trinajstić information content (AvgIpc) is 2.45. The lowest BCUT2D eigenvalue weighted by Gasteiger charge is -2.10. The van der Waals surface area contributed by atoms with Gasteiger partial charge in [0.2, 0.25) is 0 Å². The topological polar surface area (TPSA) is 54.0 Å². The van der Waals surface area contributed by atoms with Crippen LogP contribution in [-0.4, -0.2) is 17.4 Å². The molecule has 1 amide bonds. The van der Waals surface area contributed by atoms with Gasteiger partial charge in [-0.15, -0.1) is 0 Å². The van der Waals surface area contributed by atoms with Gasteiger partial charge in [-0.2, -0.15) is 0 Å². The molecule has 2 rings (SSSR count). The van der Waals surface area contributed by atoms with E-state index in [-0.39, 0.29) is 10.9 Å². The number of hydrogen-bond donors (Lipinski definition) is 2. The van der Waals surface area contributed by atoms with E-state index in [9.17, 15) is 4.79 Å². The molecule has 1 aromatic heterocycles. The van der Waals surface area contributed by atoms with Crippen LogP contribution in [0.2, 0.25) is 15.1 Å². The summed E-state index contributed by atoms with van der Waals surface area (Å²) in [5.74, 6) is 0.190. The summed E-state index contributed by atoms with van der Waals surface area (Å²) in [5, 5.41) is 6.83. The van der Waals surface area contributed by atoms with E-state index in [2.05, 4.69) is 15.6 Å². The fourth-order valence-corrected chi connectivity index (χ4v) is 2.20. The average molecular weight is 345 g/mol. The van der Waals surface area contributed by atoms with Gasteiger partial charge in [-0.1, -0.05) is 34.8 Å². The highest BCUT2D eigenvalue weighted by atomic mass is 35.5. The summed E-state index contributed by atoms with van der Waals surface area (Å²) in [6.07, 6.45) is 1.42. The number of anilines is 2. The monoisotopic (exact) mass is 343 g/mol. The van der Waals surface area contributed by atoms with Crippen molar-refractivity contribution in [3.63, 3.8) is 0 Å². The van der Waals surface area contributed by atoms with Crippen molar-refractivity contribution < 1.29 is 4.79 Å². The molecular weight excluding hydrogens is 333 g/mol. The van der Waals surface area contributed by atoms with E-state index in [1.807, 2.05) is 6.92 Å². The summed E-state index contributed by atoms with van der Waals surface area (Å²) in [4.78, 5) is 16.4. The van der Waals surface area contributed by atoms with E-state index in [4.69, 9.17) is 34.8 Å². The molecule has 0 aliphatic carbocycles. The van der Waals surface area contributed by atoms with Gasteiger partial charge in [0.25, 0.3) is 5.91 Å². The first kappa shape index (κ1) is 15.9. The first-order chi connectivity index (χ1) is 10.0. The Morgan fingerprint density at radius 2 is 1.95 bits per heavy atom. The molecule has 0 saturated carbocycles. The van der Waals surface area contributed by atoms with Crippen LogP contribution in [0.1, 0.15) is 17.3 Å². The normalized spacial score (nSPS) is 10.3. The number of halogens is 3. The zero-order valence-electron chi connectivity index (χ0n) is 11.1. The number of pyridine rings is 1. The Labute approximate surface area is 137 Å². The van der Waals surface area contributed by atoms with Crippen molar-refractivity contribution in [2.75, 3.05) is 17.2 Å². The lowest BCUT2D eigenvalue weighted by molar-refractivity contribution is 0.102. The zero-order valence-corrected chi connectivity index (χ0v) is 13.4. The number of benzene rings is 1. The van der Waals surface area contributed by atoms with Crippen LogP contribution in [0, 0.1) is 0 Å². The maximum Gasteiger partial charge on any atom is 0.257 e. The summed E-state index contributed by atoms with van der Waals surface area (Å²) in [6.45, 7) is 2.62. The lowest BCUT2D eigenvalue weighted by Crippen LogP contribution is -2.14. The van der Waals surface area contributed by atoms with Crippen LogP contribution in [0.25, 0.3) is 0 Å². The minimum absolute atomic E-state index is 0.257. The standard InChI is InChI=1S/C14H12Cl3N3O/c1-2-18-13-6-9(11(17)7-19-13)14(21)20-12-5-8(15)3-4-10(12)16/h3-7H,2H2,1H3,(H,18,19)(H,20,21). The van der Waals surface area contributed by atoms with Gasteiger partial charge in [0.05, 0.1) is 21.3 Å². The molecular formula is C14H12Cl3N3O. The minimum atomic E-state index is -0.384. The third-order valence-corrected chi connectivity index (χ3v) is 3.50. The Kier molecular flexibility index (Phi) is 5.28. The number of nitrogens with one attached hydrogen (secondary N) is 2. The van der Waals surface area contributed by atoms with E-state index < -0.39 is 0 Å². The van der Waals surface area contributed by atoms with Crippen molar-refractivity contribution >= 4 is 52.2 Å². The molecule has 4 nitrogen and oxygen atoms in total. The first-order valence-corrected chi connectivity index (χ1v) is 7.30. The van der Waals surface area contributed by atoms with Gasteiger partial charge in [0, 0.05) is 17.8 Å². The van der Waals surface area contributed by atoms with Crippen LogP contribution in [0.4, 0.5) is 11.5 Å². The number of hydrogen-bond acceptors (Lipinski definition) is 3. The summed E-state index contributed by atoms with van der Waals surface area (Å²) in [6, 6.07) is 6.40. The van der Waals surface area contributed by atoms with Gasteiger partial charge in [-0.3, -0.25) is 4.79 Å². The van der Waals surface area contributed by atoms with Gasteiger partial charge in [-0.05, 0) is 31.2 Å². The lowest BCUT2D eigenvalue weighted by atomic mass is 10.2. The third-order valence-electron chi connectivity index (χ3n) is 2.63. The predicted molar refractivity (Wildman–Crippen MR) is 87.8 cm³/mol. The largest absolute Gasteiger partial charge is 0.370 e. The SMILES string of the molecule is CCNc1cc(C(=O)Nc2cc(Cl)ccc2Cl)c(Cl)cn1. The summed E-state index contributed by atoms with van der Waals surface area (Å²) in [7, 11) is 0. The Hall–Kier alpha value is -1.49. The van der Waals surface area contributed by atoms with Gasteiger partial charge < -0.3 is 10.6 Å². The Bertz CT molecular complexity index is 677. The molecule has 0 aliphatic heterocycles. The van der Waals surface area contributed by atoms with Crippen LogP contribution in [0.15, 0.2) is 30.5 Å². The van der Waals surface area contributed by atoms with E-state index in [1.165, 1.54) is 6.20 Å². The Morgan fingerprint density at radius 3 is 2.67 bits per heavy atom. The van der Waals surface area contributed by atoms with Crippen molar-refractivity contribution in [2.24, 2.45) is 0 Å². The highest BCUT2D eigenvalue weighted by Gasteiger charge is 2.14. The summed E-state index contributed by atoms with van der Waals surface area (Å²) >= 11 is 17.9. The number of aromatic nitrogens is 1. The molecule has 0 fully saturated rings. The summed E-state index contributed by atoms with van der Waals surface area (Å²) < 4.78 is 0. The number of rotatable bonds is 4. The number of carbonyl (C=O) groups excluding carboxylic acids is 1. The van der Waals surface area contributed by atoms with Crippen molar-refractivity contribution in [1.29, 1.82) is 0 Å². The van der Waals surface area contributed by atoms with Gasteiger partial charge >= 0.3 is 0 Å². The zero-order chi connectivity index (χ0) is 15.4. The smallest absolute Gasteiger partial charge is 0.257 e. The van der Waals surface area contributed by atoms with Crippen molar-refractivity contribution in [3.05, 3.63) is 51.1 Å². The van der Waals surface area contributed by atoms with E-state index in [0.29, 0.717) is 33.7 Å². The molecule has 2 aromatic rings. The van der Waals surface area contributed by atoms with E-state index in [0.717, 1.165) is 0 Å². The number of nitrogens with zero attached hydrogens (tertiary/aromatic N) is 1. The molecule has 7 heteroatoms. The second kappa shape index (κ2) is 6.98. The molecule has 110 valence electrons. The molecule has 0 aliphatic rings. The highest BCUT2D eigenvalue weighted by molar-refractivity contribution is 6.37. The first-order valence-electron chi connectivity index (χ1n) is 6.17. The molecule has 2 N–H and O–H groups in total. The van der Waals surface area contributed by atoms with Crippen LogP contribution >= 0.6 is 34.8 Å². The maximum atomic E-state index is 12.3. The van der Waals surface area contributed by atoms with Crippen molar-refractivity contribution in [1.82, 2.24) is 4.98 Å². The fourth-order valence-electron chi connectivity index (χ4n) is 1.67. The van der Waals surface area contributed by atoms with E-state index in [1.54, 1.807) is 24.3 Å². The maximum absolute atomic E-state index is 12.3. The Balaban J connectivity index is 2.27. The molecule has 0 radical (unpaired) electrons. The number of carbonyl (C=O) groups is 1. The quantitative estimate of drug-likeness (QED) is 0.843. The molecule has 21 heavy (non-hydrogen) atoms. The molecule has 0 unspecified atom stereocenters. The predicted octanol–water partition coefficient (Wildman–Crippen LogP) is 4.73. The third kappa shape index (κ3) is 4.00. The van der Waals surface area contributed by atoms with Gasteiger partial charge in [0.15, 0.2) is 0 Å². The molecule has 1 aromatic carbocycles. The molecule has 0 bridgehead atoms. The van der Waals surface area contributed by atoms with E-state index >= 15 is 0 Å². The molecule has 0 saturated heterocycles. The fraction of sp³-hybridized carbons (Fsp3) is 0.143. The van der Waals surface area contributed by atoms with Crippen molar-refractivity contribution in [2.45, 2.75) is 6.92 Å². The molecule has 1 heterocycles. The van der Waals surface area contributed by atoms with Gasteiger partial charge in [-0.25, -0.2) is 4.98 Å². The molecule has 0 spiro atoms. The van der Waals surface area contributed by atoms with Crippen molar-refractivity contribution in [3.8, 4) is 0 Å². The highest BCUT2D eigenvalue weighted by Crippen LogP contribution is 2.27. The van der Waals surface area contributed by atoms with Gasteiger partial charge in [0.1, 0.15) is 5.82 Å². The van der Waals surface area contributed by atoms with Crippen LogP contribution in [0.3, 0.4) is 0 Å². The Morgan fingerprint density at radius 1 is 1.19 bits per heavy atom. The second-order valence-corrected chi connectivity index (χ2v) is 5.41. The minimum Gasteiger partial charge on any atom is -0.370 e. The molecule has 0 atom stereocenters. The summed E-state index contributed by atoms with van der Waals surface area (Å²) in [5.41, 5.74) is 0.728. The van der Waals surface area contributed by atoms with Crippen LogP contribution in [0.5, 0.6) is 0 Å². The van der Waals surface area contributed by atoms with Crippen LogP contribution < -0.4 is 10.6 Å². The number of amides is 1.